The summed E-state index contributed by atoms with van der Waals surface area (Å²) >= 11 is 0. The Bertz CT molecular complexity index is 703. The summed E-state index contributed by atoms with van der Waals surface area (Å²) in [5.41, 5.74) is 4.06. The minimum atomic E-state index is -1.55. The molecule has 0 aromatic heterocycles. The molecular weight excluding hydrogens is 332 g/mol. The Hall–Kier alpha value is -1.16. The maximum atomic E-state index is 4.06. The second-order valence-electron chi connectivity index (χ2n) is 10.1. The van der Waals surface area contributed by atoms with E-state index in [1.165, 1.54) is 17.5 Å². The standard InChI is InChI=1S/C23H34N2Si/c1-23(2,3)24-26(4,5)22-14-21(19-12-8-9-13-20(19)22)25-15-17-10-6-7-11-18(17)16-25/h6-13,19-22,24H,14-16H2,1-5H3. The lowest BCUT2D eigenvalue weighted by Crippen LogP contribution is -2.57. The molecule has 0 amide bonds. The molecule has 0 bridgehead atoms. The fraction of sp³-hybridized carbons (Fsp3) is 0.565. The van der Waals surface area contributed by atoms with Gasteiger partial charge in [-0.1, -0.05) is 61.7 Å². The van der Waals surface area contributed by atoms with Crippen LogP contribution in [0.25, 0.3) is 0 Å². The first-order valence-electron chi connectivity index (χ1n) is 10.2. The molecule has 4 rings (SSSR count). The molecule has 1 aromatic carbocycles. The summed E-state index contributed by atoms with van der Waals surface area (Å²) < 4.78 is 0. The number of allylic oxidation sites excluding steroid dienone is 3. The molecule has 1 heterocycles. The quantitative estimate of drug-likeness (QED) is 0.749. The highest BCUT2D eigenvalue weighted by molar-refractivity contribution is 6.76. The Morgan fingerprint density at radius 1 is 0.962 bits per heavy atom. The molecule has 4 atom stereocenters. The van der Waals surface area contributed by atoms with Crippen molar-refractivity contribution in [2.45, 2.75) is 70.5 Å². The van der Waals surface area contributed by atoms with E-state index >= 15 is 0 Å². The number of hydrogen-bond donors (Lipinski definition) is 1. The zero-order chi connectivity index (χ0) is 18.5. The summed E-state index contributed by atoms with van der Waals surface area (Å²) in [5.74, 6) is 1.37. The summed E-state index contributed by atoms with van der Waals surface area (Å²) in [6, 6.07) is 9.68. The fourth-order valence-electron chi connectivity index (χ4n) is 5.82. The average molecular weight is 367 g/mol. The van der Waals surface area contributed by atoms with E-state index in [1.807, 2.05) is 0 Å². The van der Waals surface area contributed by atoms with Crippen molar-refractivity contribution in [2.75, 3.05) is 0 Å². The van der Waals surface area contributed by atoms with Crippen LogP contribution < -0.4 is 4.98 Å². The molecular formula is C23H34N2Si. The first kappa shape index (κ1) is 18.2. The minimum absolute atomic E-state index is 0.196. The second kappa shape index (κ2) is 6.47. The molecule has 0 spiro atoms. The van der Waals surface area contributed by atoms with Gasteiger partial charge in [0.15, 0.2) is 0 Å². The van der Waals surface area contributed by atoms with E-state index in [0.717, 1.165) is 18.6 Å². The van der Waals surface area contributed by atoms with Crippen LogP contribution >= 0.6 is 0 Å². The highest BCUT2D eigenvalue weighted by Gasteiger charge is 2.51. The van der Waals surface area contributed by atoms with Gasteiger partial charge < -0.3 is 4.98 Å². The van der Waals surface area contributed by atoms with Crippen molar-refractivity contribution in [1.82, 2.24) is 9.88 Å². The lowest BCUT2D eigenvalue weighted by Gasteiger charge is -2.40. The van der Waals surface area contributed by atoms with Crippen LogP contribution in [0, 0.1) is 11.8 Å². The number of benzene rings is 1. The predicted molar refractivity (Wildman–Crippen MR) is 113 cm³/mol. The van der Waals surface area contributed by atoms with E-state index < -0.39 is 8.24 Å². The van der Waals surface area contributed by atoms with Crippen LogP contribution in [-0.4, -0.2) is 24.7 Å². The number of fused-ring (bicyclic) bond motifs is 2. The zero-order valence-electron chi connectivity index (χ0n) is 17.0. The van der Waals surface area contributed by atoms with Crippen LogP contribution in [0.2, 0.25) is 18.6 Å². The Morgan fingerprint density at radius 2 is 1.54 bits per heavy atom. The van der Waals surface area contributed by atoms with E-state index in [-0.39, 0.29) is 5.54 Å². The van der Waals surface area contributed by atoms with Crippen LogP contribution in [-0.2, 0) is 13.1 Å². The minimum Gasteiger partial charge on any atom is -0.332 e. The molecule has 1 saturated carbocycles. The summed E-state index contributed by atoms with van der Waals surface area (Å²) in [7, 11) is -1.55. The zero-order valence-corrected chi connectivity index (χ0v) is 18.0. The molecule has 1 fully saturated rings. The highest BCUT2D eigenvalue weighted by Crippen LogP contribution is 2.51. The van der Waals surface area contributed by atoms with Crippen molar-refractivity contribution in [3.05, 3.63) is 59.7 Å². The molecule has 1 N–H and O–H groups in total. The third-order valence-corrected chi connectivity index (χ3v) is 10.5. The number of nitrogens with one attached hydrogen (secondary N) is 1. The number of hydrogen-bond acceptors (Lipinski definition) is 2. The van der Waals surface area contributed by atoms with Crippen LogP contribution in [0.1, 0.15) is 38.3 Å². The Labute approximate surface area is 160 Å². The summed E-state index contributed by atoms with van der Waals surface area (Å²) in [6.07, 6.45) is 10.9. The predicted octanol–water partition coefficient (Wildman–Crippen LogP) is 5.10. The first-order valence-corrected chi connectivity index (χ1v) is 13.3. The van der Waals surface area contributed by atoms with Crippen molar-refractivity contribution < 1.29 is 0 Å². The Morgan fingerprint density at radius 3 is 2.12 bits per heavy atom. The largest absolute Gasteiger partial charge is 0.332 e. The van der Waals surface area contributed by atoms with Crippen LogP contribution in [0.5, 0.6) is 0 Å². The smallest absolute Gasteiger partial charge is 0.123 e. The van der Waals surface area contributed by atoms with Gasteiger partial charge in [-0.3, -0.25) is 4.90 Å². The molecule has 4 unspecified atom stereocenters. The SMILES string of the molecule is CC(C)(C)N[Si](C)(C)C1CC(N2Cc3ccccc3C2)C2C=CC=CC21. The molecule has 2 aliphatic carbocycles. The molecule has 26 heavy (non-hydrogen) atoms. The highest BCUT2D eigenvalue weighted by atomic mass is 28.3. The van der Waals surface area contributed by atoms with Crippen LogP contribution in [0.3, 0.4) is 0 Å². The maximum absolute atomic E-state index is 4.06. The van der Waals surface area contributed by atoms with E-state index in [9.17, 15) is 0 Å². The third-order valence-electron chi connectivity index (χ3n) is 6.58. The van der Waals surface area contributed by atoms with E-state index in [4.69, 9.17) is 0 Å². The molecule has 1 aliphatic heterocycles. The third kappa shape index (κ3) is 3.37. The monoisotopic (exact) mass is 366 g/mol. The van der Waals surface area contributed by atoms with Crippen molar-refractivity contribution >= 4 is 8.24 Å². The normalized spacial score (nSPS) is 31.3. The first-order chi connectivity index (χ1) is 12.2. The maximum Gasteiger partial charge on any atom is 0.123 e. The van der Waals surface area contributed by atoms with Crippen molar-refractivity contribution in [2.24, 2.45) is 11.8 Å². The molecule has 1 aromatic rings. The van der Waals surface area contributed by atoms with Crippen molar-refractivity contribution in [3.63, 3.8) is 0 Å². The van der Waals surface area contributed by atoms with Gasteiger partial charge in [-0.15, -0.1) is 0 Å². The van der Waals surface area contributed by atoms with E-state index in [1.54, 1.807) is 0 Å². The molecule has 0 radical (unpaired) electrons. The van der Waals surface area contributed by atoms with Crippen LogP contribution in [0.4, 0.5) is 0 Å². The van der Waals surface area contributed by atoms with Gasteiger partial charge in [0.2, 0.25) is 0 Å². The summed E-state index contributed by atoms with van der Waals surface area (Å²) in [4.78, 5) is 6.82. The van der Waals surface area contributed by atoms with E-state index in [2.05, 4.69) is 92.3 Å². The lowest BCUT2D eigenvalue weighted by atomic mass is 9.89. The van der Waals surface area contributed by atoms with Crippen molar-refractivity contribution in [3.8, 4) is 0 Å². The second-order valence-corrected chi connectivity index (χ2v) is 14.5. The van der Waals surface area contributed by atoms with Gasteiger partial charge in [-0.05, 0) is 55.7 Å². The topological polar surface area (TPSA) is 15.3 Å². The molecule has 0 saturated heterocycles. The van der Waals surface area contributed by atoms with Gasteiger partial charge in [0.25, 0.3) is 0 Å². The van der Waals surface area contributed by atoms with Gasteiger partial charge in [-0.2, -0.15) is 0 Å². The average Bonchev–Trinajstić information content (AvgIpc) is 3.14. The van der Waals surface area contributed by atoms with Gasteiger partial charge in [0.1, 0.15) is 8.24 Å². The van der Waals surface area contributed by atoms with Crippen molar-refractivity contribution in [1.29, 1.82) is 0 Å². The summed E-state index contributed by atoms with van der Waals surface area (Å²) in [5, 5.41) is 0. The summed E-state index contributed by atoms with van der Waals surface area (Å²) in [6.45, 7) is 14.3. The van der Waals surface area contributed by atoms with Gasteiger partial charge in [0.05, 0.1) is 0 Å². The molecule has 3 heteroatoms. The number of rotatable bonds is 3. The molecule has 140 valence electrons. The lowest BCUT2D eigenvalue weighted by molar-refractivity contribution is 0.171. The molecule has 3 aliphatic rings. The van der Waals surface area contributed by atoms with Gasteiger partial charge in [0, 0.05) is 24.7 Å². The van der Waals surface area contributed by atoms with Gasteiger partial charge >= 0.3 is 0 Å². The molecule has 2 nitrogen and oxygen atoms in total. The van der Waals surface area contributed by atoms with Crippen LogP contribution in [0.15, 0.2) is 48.6 Å². The Balaban J connectivity index is 1.58. The van der Waals surface area contributed by atoms with Gasteiger partial charge in [-0.25, -0.2) is 0 Å². The number of nitrogens with zero attached hydrogens (tertiary/aromatic N) is 1. The fourth-order valence-corrected chi connectivity index (χ4v) is 10.1. The Kier molecular flexibility index (Phi) is 4.53. The van der Waals surface area contributed by atoms with E-state index in [0.29, 0.717) is 17.9 Å².